The molecule has 0 aliphatic carbocycles. The molecule has 0 aliphatic heterocycles. The van der Waals surface area contributed by atoms with Crippen LogP contribution in [0.15, 0.2) is 24.3 Å². The van der Waals surface area contributed by atoms with E-state index in [1.54, 1.807) is 38.1 Å². The number of carboxylic acid groups (broad SMARTS) is 1. The highest BCUT2D eigenvalue weighted by molar-refractivity contribution is 7.88. The number of methoxy groups -OCH3 is 1. The van der Waals surface area contributed by atoms with Gasteiger partial charge in [-0.1, -0.05) is 26.0 Å². The molecule has 0 radical (unpaired) electrons. The minimum Gasteiger partial charge on any atom is -0.497 e. The van der Waals surface area contributed by atoms with Gasteiger partial charge >= 0.3 is 5.97 Å². The van der Waals surface area contributed by atoms with Gasteiger partial charge in [0.25, 0.3) is 0 Å². The van der Waals surface area contributed by atoms with Crippen LogP contribution in [0, 0.1) is 5.92 Å². The van der Waals surface area contributed by atoms with E-state index in [4.69, 9.17) is 9.84 Å². The molecule has 7 heteroatoms. The van der Waals surface area contributed by atoms with Crippen LogP contribution in [0.25, 0.3) is 0 Å². The number of aliphatic carboxylic acids is 1. The van der Waals surface area contributed by atoms with Crippen molar-refractivity contribution in [1.82, 2.24) is 4.72 Å². The van der Waals surface area contributed by atoms with E-state index in [9.17, 15) is 13.2 Å². The Bertz CT molecular complexity index is 568. The van der Waals surface area contributed by atoms with Crippen LogP contribution in [0.3, 0.4) is 0 Å². The number of hydrogen-bond donors (Lipinski definition) is 2. The first-order valence-corrected chi connectivity index (χ1v) is 7.76. The minimum atomic E-state index is -3.74. The van der Waals surface area contributed by atoms with Crippen LogP contribution in [0.2, 0.25) is 0 Å². The minimum absolute atomic E-state index is 0.291. The van der Waals surface area contributed by atoms with Crippen LogP contribution in [-0.2, 0) is 20.6 Å². The molecule has 0 saturated carbocycles. The van der Waals surface area contributed by atoms with E-state index < -0.39 is 22.0 Å². The van der Waals surface area contributed by atoms with Crippen LogP contribution in [-0.4, -0.2) is 32.6 Å². The summed E-state index contributed by atoms with van der Waals surface area (Å²) in [6.45, 7) is 3.29. The molecule has 0 aromatic heterocycles. The zero-order chi connectivity index (χ0) is 15.3. The van der Waals surface area contributed by atoms with Crippen molar-refractivity contribution in [2.45, 2.75) is 25.6 Å². The van der Waals surface area contributed by atoms with Crippen molar-refractivity contribution in [3.63, 3.8) is 0 Å². The number of carboxylic acids is 1. The first-order valence-electron chi connectivity index (χ1n) is 6.11. The molecule has 0 spiro atoms. The number of nitrogens with one attached hydrogen (secondary N) is 1. The molecule has 0 aliphatic rings. The summed E-state index contributed by atoms with van der Waals surface area (Å²) in [5.74, 6) is -1.26. The van der Waals surface area contributed by atoms with E-state index in [-0.39, 0.29) is 11.7 Å². The molecular formula is C13H19NO5S. The van der Waals surface area contributed by atoms with E-state index in [0.717, 1.165) is 0 Å². The standard InChI is InChI=1S/C13H19NO5S/c1-9(2)12(13(15)16)14-20(17,18)8-10-5-4-6-11(7-10)19-3/h4-7,9,12,14H,8H2,1-3H3,(H,15,16)/t12-/m1/s1. The maximum Gasteiger partial charge on any atom is 0.321 e. The van der Waals surface area contributed by atoms with Crippen LogP contribution in [0.1, 0.15) is 19.4 Å². The molecule has 0 heterocycles. The Morgan fingerprint density at radius 3 is 2.55 bits per heavy atom. The summed E-state index contributed by atoms with van der Waals surface area (Å²) in [7, 11) is -2.24. The first kappa shape index (κ1) is 16.5. The van der Waals surface area contributed by atoms with E-state index in [0.29, 0.717) is 11.3 Å². The fourth-order valence-corrected chi connectivity index (χ4v) is 3.15. The zero-order valence-electron chi connectivity index (χ0n) is 11.7. The van der Waals surface area contributed by atoms with Crippen molar-refractivity contribution in [1.29, 1.82) is 0 Å². The van der Waals surface area contributed by atoms with E-state index in [1.807, 2.05) is 0 Å². The Kier molecular flexibility index (Phi) is 5.52. The zero-order valence-corrected chi connectivity index (χ0v) is 12.5. The second-order valence-electron chi connectivity index (χ2n) is 4.79. The van der Waals surface area contributed by atoms with Crippen LogP contribution < -0.4 is 9.46 Å². The quantitative estimate of drug-likeness (QED) is 0.790. The highest BCUT2D eigenvalue weighted by Crippen LogP contribution is 2.15. The van der Waals surface area contributed by atoms with Gasteiger partial charge in [0.05, 0.1) is 12.9 Å². The second-order valence-corrected chi connectivity index (χ2v) is 6.54. The highest BCUT2D eigenvalue weighted by atomic mass is 32.2. The molecular weight excluding hydrogens is 282 g/mol. The number of rotatable bonds is 7. The Morgan fingerprint density at radius 2 is 2.05 bits per heavy atom. The lowest BCUT2D eigenvalue weighted by atomic mass is 10.1. The molecule has 0 amide bonds. The summed E-state index contributed by atoms with van der Waals surface area (Å²) in [6.07, 6.45) is 0. The maximum absolute atomic E-state index is 12.0. The van der Waals surface area contributed by atoms with Gasteiger partial charge in [-0.3, -0.25) is 4.79 Å². The molecule has 20 heavy (non-hydrogen) atoms. The van der Waals surface area contributed by atoms with Crippen molar-refractivity contribution in [3.8, 4) is 5.75 Å². The van der Waals surface area contributed by atoms with Crippen LogP contribution in [0.5, 0.6) is 5.75 Å². The Labute approximate surface area is 118 Å². The van der Waals surface area contributed by atoms with E-state index in [1.165, 1.54) is 7.11 Å². The van der Waals surface area contributed by atoms with Gasteiger partial charge in [0, 0.05) is 0 Å². The molecule has 0 bridgehead atoms. The number of benzene rings is 1. The predicted molar refractivity (Wildman–Crippen MR) is 75.0 cm³/mol. The highest BCUT2D eigenvalue weighted by Gasteiger charge is 2.27. The largest absolute Gasteiger partial charge is 0.497 e. The number of carbonyl (C=O) groups is 1. The molecule has 1 rings (SSSR count). The van der Waals surface area contributed by atoms with Crippen molar-refractivity contribution >= 4 is 16.0 Å². The van der Waals surface area contributed by atoms with Crippen LogP contribution in [0.4, 0.5) is 0 Å². The smallest absolute Gasteiger partial charge is 0.321 e. The molecule has 1 atom stereocenters. The summed E-state index contributed by atoms with van der Waals surface area (Å²) in [6, 6.07) is 5.50. The third-order valence-electron chi connectivity index (χ3n) is 2.73. The third kappa shape index (κ3) is 4.82. The molecule has 1 aromatic rings. The van der Waals surface area contributed by atoms with Gasteiger partial charge in [-0.25, -0.2) is 13.1 Å². The van der Waals surface area contributed by atoms with E-state index >= 15 is 0 Å². The second kappa shape index (κ2) is 6.71. The summed E-state index contributed by atoms with van der Waals surface area (Å²) >= 11 is 0. The fraction of sp³-hybridized carbons (Fsp3) is 0.462. The Morgan fingerprint density at radius 1 is 1.40 bits per heavy atom. The summed E-state index contributed by atoms with van der Waals surface area (Å²) in [5.41, 5.74) is 0.532. The van der Waals surface area contributed by atoms with Gasteiger partial charge in [-0.05, 0) is 23.6 Å². The van der Waals surface area contributed by atoms with E-state index in [2.05, 4.69) is 4.72 Å². The van der Waals surface area contributed by atoms with Crippen molar-refractivity contribution in [2.75, 3.05) is 7.11 Å². The normalized spacial score (nSPS) is 13.2. The van der Waals surface area contributed by atoms with Crippen molar-refractivity contribution in [2.24, 2.45) is 5.92 Å². The lowest BCUT2D eigenvalue weighted by molar-refractivity contribution is -0.140. The van der Waals surface area contributed by atoms with Gasteiger partial charge in [-0.15, -0.1) is 0 Å². The average Bonchev–Trinajstić information content (AvgIpc) is 2.35. The lowest BCUT2D eigenvalue weighted by Crippen LogP contribution is -2.44. The number of hydrogen-bond acceptors (Lipinski definition) is 4. The van der Waals surface area contributed by atoms with Crippen molar-refractivity contribution < 1.29 is 23.1 Å². The maximum atomic E-state index is 12.0. The summed E-state index contributed by atoms with van der Waals surface area (Å²) in [5, 5.41) is 9.01. The van der Waals surface area contributed by atoms with Gasteiger partial charge in [0.15, 0.2) is 0 Å². The predicted octanol–water partition coefficient (Wildman–Crippen LogP) is 1.22. The van der Waals surface area contributed by atoms with Gasteiger partial charge in [-0.2, -0.15) is 0 Å². The molecule has 0 fully saturated rings. The molecule has 0 saturated heterocycles. The fourth-order valence-electron chi connectivity index (χ4n) is 1.69. The summed E-state index contributed by atoms with van der Waals surface area (Å²) < 4.78 is 31.2. The first-order chi connectivity index (χ1) is 9.25. The SMILES string of the molecule is COc1cccc(CS(=O)(=O)N[C@@H](C(=O)O)C(C)C)c1. The Balaban J connectivity index is 2.86. The van der Waals surface area contributed by atoms with Crippen molar-refractivity contribution in [3.05, 3.63) is 29.8 Å². The molecule has 2 N–H and O–H groups in total. The number of ether oxygens (including phenoxy) is 1. The van der Waals surface area contributed by atoms with Crippen LogP contribution >= 0.6 is 0 Å². The molecule has 1 aromatic carbocycles. The lowest BCUT2D eigenvalue weighted by Gasteiger charge is -2.18. The topological polar surface area (TPSA) is 92.7 Å². The summed E-state index contributed by atoms with van der Waals surface area (Å²) in [4.78, 5) is 11.0. The molecule has 6 nitrogen and oxygen atoms in total. The average molecular weight is 301 g/mol. The van der Waals surface area contributed by atoms with Gasteiger partial charge < -0.3 is 9.84 Å². The monoisotopic (exact) mass is 301 g/mol. The molecule has 112 valence electrons. The molecule has 0 unspecified atom stereocenters. The number of sulfonamides is 1. The van der Waals surface area contributed by atoms with Gasteiger partial charge in [0.1, 0.15) is 11.8 Å². The Hall–Kier alpha value is -1.60. The van der Waals surface area contributed by atoms with Gasteiger partial charge in [0.2, 0.25) is 10.0 Å². The third-order valence-corrected chi connectivity index (χ3v) is 4.06.